The monoisotopic (exact) mass is 497 g/mol. The Kier molecular flexibility index (Phi) is 7.15. The van der Waals surface area contributed by atoms with Gasteiger partial charge in [0, 0.05) is 16.5 Å². The van der Waals surface area contributed by atoms with Crippen molar-refractivity contribution in [3.8, 4) is 5.75 Å². The van der Waals surface area contributed by atoms with E-state index in [2.05, 4.69) is 4.72 Å². The van der Waals surface area contributed by atoms with Gasteiger partial charge >= 0.3 is 11.6 Å². The van der Waals surface area contributed by atoms with E-state index < -0.39 is 22.0 Å². The molecular formula is C27H31NO6S. The van der Waals surface area contributed by atoms with Crippen LogP contribution in [0.5, 0.6) is 5.75 Å². The van der Waals surface area contributed by atoms with Crippen LogP contribution in [0, 0.1) is 19.8 Å². The molecule has 1 aliphatic carbocycles. The lowest BCUT2D eigenvalue weighted by Gasteiger charge is -2.23. The molecule has 0 saturated heterocycles. The van der Waals surface area contributed by atoms with Gasteiger partial charge in [0.25, 0.3) is 0 Å². The summed E-state index contributed by atoms with van der Waals surface area (Å²) in [5.74, 6) is -0.782. The van der Waals surface area contributed by atoms with Crippen molar-refractivity contribution < 1.29 is 22.4 Å². The molecule has 0 amide bonds. The molecule has 1 N–H and O–H groups in total. The van der Waals surface area contributed by atoms with Gasteiger partial charge in [0.1, 0.15) is 17.4 Å². The number of nitrogens with one attached hydrogen (secondary N) is 1. The molecule has 0 unspecified atom stereocenters. The Bertz CT molecular complexity index is 1420. The molecule has 1 aromatic heterocycles. The Morgan fingerprint density at radius 1 is 1.06 bits per heavy atom. The zero-order valence-electron chi connectivity index (χ0n) is 20.5. The second-order valence-corrected chi connectivity index (χ2v) is 11.1. The molecule has 8 heteroatoms. The summed E-state index contributed by atoms with van der Waals surface area (Å²) in [6.07, 6.45) is 4.06. The maximum Gasteiger partial charge on any atom is 0.339 e. The molecule has 0 bridgehead atoms. The van der Waals surface area contributed by atoms with E-state index in [1.54, 1.807) is 32.0 Å². The van der Waals surface area contributed by atoms with Crippen LogP contribution < -0.4 is 15.1 Å². The SMILES string of the molecule is CC[C@H](C)[C@H](NS(=O)(=O)c1ccc(C)cc1)C(=O)Oc1ccc2c3c(c(=O)oc2c1C)CCCC3. The second-order valence-electron chi connectivity index (χ2n) is 9.34. The standard InChI is InChI=1S/C27H31NO6S/c1-5-17(3)24(28-35(31,32)19-12-10-16(2)11-13-19)27(30)33-23-15-14-21-20-8-6-7-9-22(20)26(29)34-25(21)18(23)4/h10-15,17,24,28H,5-9H2,1-4H3/t17-,24-/m0/s1. The predicted octanol–water partition coefficient (Wildman–Crippen LogP) is 4.59. The molecule has 1 heterocycles. The zero-order valence-corrected chi connectivity index (χ0v) is 21.3. The molecular weight excluding hydrogens is 466 g/mol. The van der Waals surface area contributed by atoms with E-state index in [0.717, 1.165) is 41.3 Å². The van der Waals surface area contributed by atoms with Crippen molar-refractivity contribution in [2.45, 2.75) is 70.7 Å². The van der Waals surface area contributed by atoms with Gasteiger partial charge in [-0.15, -0.1) is 0 Å². The second kappa shape index (κ2) is 9.95. The molecule has 2 aromatic carbocycles. The van der Waals surface area contributed by atoms with Gasteiger partial charge in [0.2, 0.25) is 10.0 Å². The molecule has 186 valence electrons. The Morgan fingerprint density at radius 2 is 1.71 bits per heavy atom. The van der Waals surface area contributed by atoms with Crippen molar-refractivity contribution in [2.24, 2.45) is 5.92 Å². The van der Waals surface area contributed by atoms with E-state index in [1.165, 1.54) is 12.1 Å². The van der Waals surface area contributed by atoms with Gasteiger partial charge in [0.05, 0.1) is 4.90 Å². The lowest BCUT2D eigenvalue weighted by molar-refractivity contribution is -0.137. The maximum atomic E-state index is 13.2. The van der Waals surface area contributed by atoms with E-state index in [9.17, 15) is 18.0 Å². The van der Waals surface area contributed by atoms with Crippen LogP contribution in [0.1, 0.15) is 55.4 Å². The van der Waals surface area contributed by atoms with E-state index in [0.29, 0.717) is 24.0 Å². The maximum absolute atomic E-state index is 13.2. The first kappa shape index (κ1) is 25.1. The minimum Gasteiger partial charge on any atom is -0.425 e. The van der Waals surface area contributed by atoms with Crippen molar-refractivity contribution in [2.75, 3.05) is 0 Å². The first-order valence-electron chi connectivity index (χ1n) is 12.0. The lowest BCUT2D eigenvalue weighted by Crippen LogP contribution is -2.47. The fourth-order valence-corrected chi connectivity index (χ4v) is 5.79. The van der Waals surface area contributed by atoms with Crippen LogP contribution in [0.3, 0.4) is 0 Å². The average molecular weight is 498 g/mol. The van der Waals surface area contributed by atoms with E-state index in [-0.39, 0.29) is 22.2 Å². The lowest BCUT2D eigenvalue weighted by atomic mass is 9.90. The third kappa shape index (κ3) is 5.04. The van der Waals surface area contributed by atoms with Crippen LogP contribution in [-0.2, 0) is 27.7 Å². The molecule has 2 atom stereocenters. The molecule has 0 aliphatic heterocycles. The summed E-state index contributed by atoms with van der Waals surface area (Å²) >= 11 is 0. The number of sulfonamides is 1. The summed E-state index contributed by atoms with van der Waals surface area (Å²) in [7, 11) is -3.94. The van der Waals surface area contributed by atoms with Gasteiger partial charge in [-0.1, -0.05) is 38.0 Å². The van der Waals surface area contributed by atoms with Gasteiger partial charge in [0.15, 0.2) is 0 Å². The Morgan fingerprint density at radius 3 is 2.37 bits per heavy atom. The van der Waals surface area contributed by atoms with Crippen molar-refractivity contribution in [1.82, 2.24) is 4.72 Å². The molecule has 7 nitrogen and oxygen atoms in total. The highest BCUT2D eigenvalue weighted by Gasteiger charge is 2.32. The molecule has 4 rings (SSSR count). The zero-order chi connectivity index (χ0) is 25.3. The summed E-state index contributed by atoms with van der Waals surface area (Å²) in [5.41, 5.74) is 3.26. The highest BCUT2D eigenvalue weighted by molar-refractivity contribution is 7.89. The first-order valence-corrected chi connectivity index (χ1v) is 13.5. The van der Waals surface area contributed by atoms with Crippen molar-refractivity contribution >= 4 is 27.0 Å². The van der Waals surface area contributed by atoms with Gasteiger partial charge < -0.3 is 9.15 Å². The fourth-order valence-electron chi connectivity index (χ4n) is 4.49. The van der Waals surface area contributed by atoms with E-state index in [4.69, 9.17) is 9.15 Å². The summed E-state index contributed by atoms with van der Waals surface area (Å²) < 4.78 is 39.8. The Labute approximate surface area is 205 Å². The van der Waals surface area contributed by atoms with Crippen LogP contribution in [0.2, 0.25) is 0 Å². The normalized spacial score (nSPS) is 15.4. The van der Waals surface area contributed by atoms with Gasteiger partial charge in [-0.3, -0.25) is 0 Å². The van der Waals surface area contributed by atoms with Gasteiger partial charge in [-0.25, -0.2) is 18.0 Å². The molecule has 0 radical (unpaired) electrons. The molecule has 0 saturated carbocycles. The van der Waals surface area contributed by atoms with Gasteiger partial charge in [-0.2, -0.15) is 4.72 Å². The highest BCUT2D eigenvalue weighted by atomic mass is 32.2. The van der Waals surface area contributed by atoms with Crippen LogP contribution in [-0.4, -0.2) is 20.4 Å². The van der Waals surface area contributed by atoms with Crippen LogP contribution in [0.15, 0.2) is 50.5 Å². The summed E-state index contributed by atoms with van der Waals surface area (Å²) in [4.78, 5) is 25.9. The van der Waals surface area contributed by atoms with Crippen molar-refractivity contribution in [1.29, 1.82) is 0 Å². The topological polar surface area (TPSA) is 103 Å². The van der Waals surface area contributed by atoms with Crippen LogP contribution in [0.4, 0.5) is 0 Å². The first-order chi connectivity index (χ1) is 16.6. The number of benzene rings is 2. The number of ether oxygens (including phenoxy) is 1. The quantitative estimate of drug-likeness (QED) is 0.291. The summed E-state index contributed by atoms with van der Waals surface area (Å²) in [6, 6.07) is 8.84. The average Bonchev–Trinajstić information content (AvgIpc) is 2.84. The Hall–Kier alpha value is -2.97. The number of hydrogen-bond acceptors (Lipinski definition) is 6. The third-order valence-electron chi connectivity index (χ3n) is 6.88. The molecule has 35 heavy (non-hydrogen) atoms. The van der Waals surface area contributed by atoms with Gasteiger partial charge in [-0.05, 0) is 75.3 Å². The third-order valence-corrected chi connectivity index (χ3v) is 8.34. The number of esters is 1. The highest BCUT2D eigenvalue weighted by Crippen LogP contribution is 2.33. The predicted molar refractivity (Wildman–Crippen MR) is 134 cm³/mol. The van der Waals surface area contributed by atoms with Crippen LogP contribution >= 0.6 is 0 Å². The number of rotatable bonds is 7. The fraction of sp³-hybridized carbons (Fsp3) is 0.407. The van der Waals surface area contributed by atoms with E-state index in [1.807, 2.05) is 19.9 Å². The number of carbonyl (C=O) groups excluding carboxylic acids is 1. The molecule has 3 aromatic rings. The smallest absolute Gasteiger partial charge is 0.339 e. The van der Waals surface area contributed by atoms with Crippen LogP contribution in [0.25, 0.3) is 11.0 Å². The largest absolute Gasteiger partial charge is 0.425 e. The van der Waals surface area contributed by atoms with Crippen molar-refractivity contribution in [3.63, 3.8) is 0 Å². The van der Waals surface area contributed by atoms with Crippen molar-refractivity contribution in [3.05, 3.63) is 69.1 Å². The molecule has 0 spiro atoms. The number of hydrogen-bond donors (Lipinski definition) is 1. The number of aryl methyl sites for hydroxylation is 3. The minimum atomic E-state index is -3.94. The molecule has 0 fully saturated rings. The summed E-state index contributed by atoms with van der Waals surface area (Å²) in [6.45, 7) is 7.27. The summed E-state index contributed by atoms with van der Waals surface area (Å²) in [5, 5.41) is 0.857. The minimum absolute atomic E-state index is 0.0811. The molecule has 1 aliphatic rings. The van der Waals surface area contributed by atoms with E-state index >= 15 is 0 Å². The number of fused-ring (bicyclic) bond motifs is 3. The Balaban J connectivity index is 1.65. The number of carbonyl (C=O) groups is 1.